The highest BCUT2D eigenvalue weighted by atomic mass is 16.5. The lowest BCUT2D eigenvalue weighted by Gasteiger charge is -2.39. The van der Waals surface area contributed by atoms with E-state index < -0.39 is 5.54 Å². The maximum Gasteiger partial charge on any atom is 0.155 e. The van der Waals surface area contributed by atoms with Crippen LogP contribution in [0.5, 0.6) is 0 Å². The Labute approximate surface area is 206 Å². The first-order valence-electron chi connectivity index (χ1n) is 12.1. The van der Waals surface area contributed by atoms with Crippen molar-refractivity contribution in [2.45, 2.75) is 31.3 Å². The van der Waals surface area contributed by atoms with Gasteiger partial charge in [-0.2, -0.15) is 0 Å². The van der Waals surface area contributed by atoms with Gasteiger partial charge in [0.05, 0.1) is 18.5 Å². The molecule has 35 heavy (non-hydrogen) atoms. The van der Waals surface area contributed by atoms with Crippen LogP contribution in [0.3, 0.4) is 0 Å². The van der Waals surface area contributed by atoms with Crippen LogP contribution in [0.1, 0.15) is 24.2 Å². The van der Waals surface area contributed by atoms with Crippen molar-refractivity contribution in [1.29, 1.82) is 0 Å². The molecule has 2 aliphatic rings. The molecule has 1 fully saturated rings. The van der Waals surface area contributed by atoms with E-state index in [4.69, 9.17) is 26.2 Å². The first kappa shape index (κ1) is 23.4. The Morgan fingerprint density at radius 1 is 1.23 bits per heavy atom. The van der Waals surface area contributed by atoms with Crippen molar-refractivity contribution < 1.29 is 4.74 Å². The van der Waals surface area contributed by atoms with Crippen molar-refractivity contribution in [2.75, 3.05) is 34.3 Å². The lowest BCUT2D eigenvalue weighted by Crippen LogP contribution is -2.49. The zero-order valence-electron chi connectivity index (χ0n) is 21.2. The van der Waals surface area contributed by atoms with Crippen LogP contribution in [0.25, 0.3) is 22.2 Å². The van der Waals surface area contributed by atoms with E-state index in [-0.39, 0.29) is 0 Å². The molecule has 0 saturated carbocycles. The van der Waals surface area contributed by atoms with Gasteiger partial charge in [-0.25, -0.2) is 9.97 Å². The number of nitrogens with two attached hydrogens (primary N) is 2. The van der Waals surface area contributed by atoms with Crippen molar-refractivity contribution in [3.05, 3.63) is 71.3 Å². The lowest BCUT2D eigenvalue weighted by molar-refractivity contribution is 0.249. The van der Waals surface area contributed by atoms with E-state index in [1.54, 1.807) is 7.11 Å². The second kappa shape index (κ2) is 8.70. The number of rotatable bonds is 5. The van der Waals surface area contributed by atoms with Crippen molar-refractivity contribution >= 4 is 10.9 Å². The molecular weight excluding hydrogens is 438 g/mol. The number of hydrogen-bond donors (Lipinski definition) is 2. The van der Waals surface area contributed by atoms with Gasteiger partial charge in [-0.1, -0.05) is 18.2 Å². The van der Waals surface area contributed by atoms with E-state index in [1.165, 1.54) is 0 Å². The number of ether oxygens (including phenoxy) is 1. The number of likely N-dealkylation sites (tertiary alicyclic amines) is 1. The molecule has 1 aliphatic carbocycles. The van der Waals surface area contributed by atoms with Gasteiger partial charge in [0, 0.05) is 73.2 Å². The van der Waals surface area contributed by atoms with Crippen molar-refractivity contribution in [1.82, 2.24) is 24.3 Å². The molecule has 184 valence electrons. The molecule has 3 heterocycles. The summed E-state index contributed by atoms with van der Waals surface area (Å²) < 4.78 is 7.73. The Hall–Kier alpha value is -3.36. The summed E-state index contributed by atoms with van der Waals surface area (Å²) in [6.45, 7) is 3.84. The van der Waals surface area contributed by atoms with Crippen LogP contribution in [-0.2, 0) is 17.3 Å². The molecule has 2 aromatic heterocycles. The van der Waals surface area contributed by atoms with E-state index in [1.807, 2.05) is 19.2 Å². The predicted octanol–water partition coefficient (Wildman–Crippen LogP) is 2.84. The van der Waals surface area contributed by atoms with Gasteiger partial charge in [0.2, 0.25) is 0 Å². The second-order valence-corrected chi connectivity index (χ2v) is 10.0. The number of nitrogens with zero attached hydrogens (tertiary/aromatic N) is 5. The number of allylic oxidation sites excluding steroid dienone is 1. The number of likely N-dealkylation sites (N-methyl/N-ethyl adjacent to an activating group) is 1. The number of hydrogen-bond acceptors (Lipinski definition) is 7. The monoisotopic (exact) mass is 473 g/mol. The van der Waals surface area contributed by atoms with Crippen molar-refractivity contribution in [2.24, 2.45) is 18.5 Å². The maximum absolute atomic E-state index is 7.22. The number of aryl methyl sites for hydroxylation is 2. The van der Waals surface area contributed by atoms with Crippen molar-refractivity contribution in [3.63, 3.8) is 0 Å². The Balaban J connectivity index is 1.62. The van der Waals surface area contributed by atoms with Gasteiger partial charge in [-0.05, 0) is 39.1 Å². The second-order valence-electron chi connectivity index (χ2n) is 10.0. The zero-order chi connectivity index (χ0) is 24.9. The third-order valence-corrected chi connectivity index (χ3v) is 7.49. The highest BCUT2D eigenvalue weighted by Gasteiger charge is 2.44. The van der Waals surface area contributed by atoms with Crippen LogP contribution in [0.4, 0.5) is 0 Å². The van der Waals surface area contributed by atoms with Gasteiger partial charge < -0.3 is 30.6 Å². The third-order valence-electron chi connectivity index (χ3n) is 7.49. The minimum atomic E-state index is -0.958. The minimum absolute atomic E-state index is 0.392. The summed E-state index contributed by atoms with van der Waals surface area (Å²) in [4.78, 5) is 14.5. The van der Waals surface area contributed by atoms with E-state index in [0.29, 0.717) is 29.7 Å². The van der Waals surface area contributed by atoms with Crippen LogP contribution < -0.4 is 11.5 Å². The average Bonchev–Trinajstić information content (AvgIpc) is 3.45. The average molecular weight is 474 g/mol. The predicted molar refractivity (Wildman–Crippen MR) is 139 cm³/mol. The highest BCUT2D eigenvalue weighted by molar-refractivity contribution is 5.95. The van der Waals surface area contributed by atoms with Gasteiger partial charge in [-0.15, -0.1) is 0 Å². The first-order chi connectivity index (χ1) is 16.7. The van der Waals surface area contributed by atoms with Crippen LogP contribution in [0, 0.1) is 6.92 Å². The van der Waals surface area contributed by atoms with Gasteiger partial charge >= 0.3 is 0 Å². The topological polar surface area (TPSA) is 98.5 Å². The summed E-state index contributed by atoms with van der Waals surface area (Å²) in [5.41, 5.74) is 18.4. The molecule has 1 aliphatic heterocycles. The molecule has 8 nitrogen and oxygen atoms in total. The summed E-state index contributed by atoms with van der Waals surface area (Å²) in [6.07, 6.45) is 7.45. The Kier molecular flexibility index (Phi) is 5.81. The SMILES string of the molecule is COC1=C(N)CC(N)(c2ncc(C)c(-c3cn(C)c4ccccc34)n2)C(N2CC[C@@H](N(C)C)C2)=C1. The molecule has 0 spiro atoms. The first-order valence-corrected chi connectivity index (χ1v) is 12.1. The molecule has 1 saturated heterocycles. The number of methoxy groups -OCH3 is 1. The Morgan fingerprint density at radius 2 is 2.00 bits per heavy atom. The summed E-state index contributed by atoms with van der Waals surface area (Å²) >= 11 is 0. The standard InChI is InChI=1S/C27H35N7O/c1-17-14-30-26(31-25(17)20-16-33(4)22-9-7-6-8-19(20)22)27(29)13-21(28)23(35-5)12-24(27)34-11-10-18(15-34)32(2)3/h6-9,12,14,16,18H,10-11,13,15,28-29H2,1-5H3/t18-,27?/m1/s1. The van der Waals surface area contributed by atoms with E-state index in [2.05, 4.69) is 66.0 Å². The molecule has 0 amide bonds. The lowest BCUT2D eigenvalue weighted by atomic mass is 9.84. The van der Waals surface area contributed by atoms with Gasteiger partial charge in [-0.3, -0.25) is 0 Å². The molecule has 8 heteroatoms. The van der Waals surface area contributed by atoms with E-state index >= 15 is 0 Å². The molecule has 5 rings (SSSR count). The molecule has 0 radical (unpaired) electrons. The molecule has 2 atom stereocenters. The van der Waals surface area contributed by atoms with Gasteiger partial charge in [0.25, 0.3) is 0 Å². The fourth-order valence-electron chi connectivity index (χ4n) is 5.42. The number of fused-ring (bicyclic) bond motifs is 1. The Bertz CT molecular complexity index is 1340. The minimum Gasteiger partial charge on any atom is -0.495 e. The van der Waals surface area contributed by atoms with Crippen LogP contribution in [-0.4, -0.2) is 64.7 Å². The van der Waals surface area contributed by atoms with Crippen LogP contribution in [0.15, 0.2) is 59.9 Å². The quantitative estimate of drug-likeness (QED) is 0.588. The summed E-state index contributed by atoms with van der Waals surface area (Å²) in [6, 6.07) is 8.82. The zero-order valence-corrected chi connectivity index (χ0v) is 21.2. The van der Waals surface area contributed by atoms with E-state index in [0.717, 1.165) is 52.9 Å². The summed E-state index contributed by atoms with van der Waals surface area (Å²) in [5.74, 6) is 1.24. The van der Waals surface area contributed by atoms with Gasteiger partial charge in [0.15, 0.2) is 5.82 Å². The summed E-state index contributed by atoms with van der Waals surface area (Å²) in [7, 11) is 7.95. The largest absolute Gasteiger partial charge is 0.495 e. The van der Waals surface area contributed by atoms with Crippen LogP contribution in [0.2, 0.25) is 0 Å². The fraction of sp³-hybridized carbons (Fsp3) is 0.407. The summed E-state index contributed by atoms with van der Waals surface area (Å²) in [5, 5.41) is 1.16. The van der Waals surface area contributed by atoms with E-state index in [9.17, 15) is 0 Å². The Morgan fingerprint density at radius 3 is 2.71 bits per heavy atom. The number of aromatic nitrogens is 3. The highest BCUT2D eigenvalue weighted by Crippen LogP contribution is 2.40. The maximum atomic E-state index is 7.22. The molecule has 1 aromatic carbocycles. The number of para-hydroxylation sites is 1. The molecule has 1 unspecified atom stereocenters. The number of benzene rings is 1. The van der Waals surface area contributed by atoms with Crippen molar-refractivity contribution in [3.8, 4) is 11.3 Å². The third kappa shape index (κ3) is 3.86. The fourth-order valence-corrected chi connectivity index (χ4v) is 5.42. The molecule has 4 N–H and O–H groups in total. The molecule has 0 bridgehead atoms. The normalized spacial score (nSPS) is 22.9. The molecular formula is C27H35N7O. The van der Waals surface area contributed by atoms with Gasteiger partial charge in [0.1, 0.15) is 11.3 Å². The van der Waals surface area contributed by atoms with Crippen LogP contribution >= 0.6 is 0 Å². The smallest absolute Gasteiger partial charge is 0.155 e. The molecule has 3 aromatic rings.